The molecule has 36 heavy (non-hydrogen) atoms. The van der Waals surface area contributed by atoms with Gasteiger partial charge in [-0.05, 0) is 81.3 Å². The summed E-state index contributed by atoms with van der Waals surface area (Å²) in [4.78, 5) is 27.0. The van der Waals surface area contributed by atoms with Crippen LogP contribution in [0, 0.1) is 0 Å². The first-order chi connectivity index (χ1) is 17.2. The fourth-order valence-corrected chi connectivity index (χ4v) is 5.56. The first kappa shape index (κ1) is 27.2. The number of carbonyl (C=O) groups excluding carboxylic acids is 2. The third-order valence-corrected chi connectivity index (χ3v) is 7.96. The van der Waals surface area contributed by atoms with Crippen LogP contribution in [0.4, 0.5) is 4.79 Å². The molecule has 11 heteroatoms. The Morgan fingerprint density at radius 1 is 0.972 bits per heavy atom. The summed E-state index contributed by atoms with van der Waals surface area (Å²) in [6.45, 7) is 0.282. The van der Waals surface area contributed by atoms with E-state index in [0.717, 1.165) is 22.2 Å². The second-order valence-corrected chi connectivity index (χ2v) is 11.1. The summed E-state index contributed by atoms with van der Waals surface area (Å²) in [6.07, 6.45) is 1.63. The Kier molecular flexibility index (Phi) is 8.81. The molecule has 5 nitrogen and oxygen atoms in total. The lowest BCUT2D eigenvalue weighted by Gasteiger charge is -2.14. The van der Waals surface area contributed by atoms with E-state index in [1.54, 1.807) is 54.6 Å². The van der Waals surface area contributed by atoms with E-state index in [0.29, 0.717) is 47.2 Å². The van der Waals surface area contributed by atoms with Gasteiger partial charge >= 0.3 is 0 Å². The smallest absolute Gasteiger partial charge is 0.293 e. The number of ether oxygens (including phenoxy) is 2. The maximum Gasteiger partial charge on any atom is 0.293 e. The van der Waals surface area contributed by atoms with Crippen molar-refractivity contribution < 1.29 is 19.1 Å². The molecule has 0 unspecified atom stereocenters. The normalized spacial score (nSPS) is 14.6. The van der Waals surface area contributed by atoms with Crippen molar-refractivity contribution in [2.24, 2.45) is 0 Å². The molecule has 1 aliphatic rings. The molecule has 2 amide bonds. The standard InChI is InChI=1S/C25H16BrCl4NO4S/c1-34-21-8-14(6-17(26)23(21)35-12-15-3-4-16(27)10-19(15)29)9-22-24(32)31(25(33)36-22)11-13-2-5-18(28)20(30)7-13/h2-10H,11-12H2,1H3/b22-9+. The number of halogens is 5. The molecule has 0 N–H and O–H groups in total. The number of hydrogen-bond acceptors (Lipinski definition) is 5. The predicted octanol–water partition coefficient (Wildman–Crippen LogP) is 8.89. The van der Waals surface area contributed by atoms with Crippen LogP contribution in [0.5, 0.6) is 11.5 Å². The molecule has 1 saturated heterocycles. The Morgan fingerprint density at radius 2 is 1.75 bits per heavy atom. The molecule has 3 aromatic rings. The average molecular weight is 648 g/mol. The lowest BCUT2D eigenvalue weighted by Crippen LogP contribution is -2.27. The molecule has 4 rings (SSSR count). The quantitative estimate of drug-likeness (QED) is 0.240. The molecule has 3 aromatic carbocycles. The number of methoxy groups -OCH3 is 1. The molecule has 186 valence electrons. The number of imide groups is 1. The largest absolute Gasteiger partial charge is 0.493 e. The highest BCUT2D eigenvalue weighted by Crippen LogP contribution is 2.40. The summed E-state index contributed by atoms with van der Waals surface area (Å²) in [7, 11) is 1.51. The van der Waals surface area contributed by atoms with E-state index in [1.165, 1.54) is 7.11 Å². The molecule has 0 saturated carbocycles. The fourth-order valence-electron chi connectivity index (χ4n) is 3.36. The highest BCUT2D eigenvalue weighted by atomic mass is 79.9. The topological polar surface area (TPSA) is 55.8 Å². The third kappa shape index (κ3) is 6.15. The van der Waals surface area contributed by atoms with Crippen LogP contribution in [0.2, 0.25) is 20.1 Å². The van der Waals surface area contributed by atoms with E-state index < -0.39 is 5.91 Å². The first-order valence-electron chi connectivity index (χ1n) is 10.3. The van der Waals surface area contributed by atoms with E-state index in [1.807, 2.05) is 0 Å². The summed E-state index contributed by atoms with van der Waals surface area (Å²) in [5, 5.41) is 1.41. The zero-order valence-corrected chi connectivity index (χ0v) is 23.9. The molecule has 0 bridgehead atoms. The minimum atomic E-state index is -0.399. The van der Waals surface area contributed by atoms with Crippen molar-refractivity contribution in [2.75, 3.05) is 7.11 Å². The van der Waals surface area contributed by atoms with Crippen LogP contribution >= 0.6 is 74.1 Å². The van der Waals surface area contributed by atoms with Gasteiger partial charge in [-0.3, -0.25) is 14.5 Å². The first-order valence-corrected chi connectivity index (χ1v) is 13.4. The fraction of sp³-hybridized carbons (Fsp3) is 0.120. The molecule has 0 spiro atoms. The maximum atomic E-state index is 13.0. The van der Waals surface area contributed by atoms with E-state index in [9.17, 15) is 9.59 Å². The van der Waals surface area contributed by atoms with Crippen LogP contribution < -0.4 is 9.47 Å². The predicted molar refractivity (Wildman–Crippen MR) is 149 cm³/mol. The zero-order chi connectivity index (χ0) is 26.0. The average Bonchev–Trinajstić information content (AvgIpc) is 3.08. The number of carbonyl (C=O) groups is 2. The molecule has 0 radical (unpaired) electrons. The summed E-state index contributed by atoms with van der Waals surface area (Å²) >= 11 is 28.6. The summed E-state index contributed by atoms with van der Waals surface area (Å²) < 4.78 is 12.1. The van der Waals surface area contributed by atoms with Gasteiger partial charge in [-0.25, -0.2) is 0 Å². The molecule has 0 aromatic heterocycles. The molecule has 1 heterocycles. The molecule has 0 aliphatic carbocycles. The second kappa shape index (κ2) is 11.7. The van der Waals surface area contributed by atoms with Gasteiger partial charge in [0.05, 0.1) is 33.1 Å². The Labute approximate surface area is 240 Å². The summed E-state index contributed by atoms with van der Waals surface area (Å²) in [6, 6.07) is 13.6. The number of thioether (sulfide) groups is 1. The van der Waals surface area contributed by atoms with Gasteiger partial charge in [0.1, 0.15) is 6.61 Å². The van der Waals surface area contributed by atoms with Gasteiger partial charge < -0.3 is 9.47 Å². The number of hydrogen-bond donors (Lipinski definition) is 0. The second-order valence-electron chi connectivity index (χ2n) is 7.57. The van der Waals surface area contributed by atoms with Gasteiger partial charge in [-0.2, -0.15) is 0 Å². The van der Waals surface area contributed by atoms with Crippen molar-refractivity contribution in [3.8, 4) is 11.5 Å². The minimum Gasteiger partial charge on any atom is -0.493 e. The van der Waals surface area contributed by atoms with Crippen molar-refractivity contribution in [3.05, 3.63) is 94.7 Å². The van der Waals surface area contributed by atoms with Crippen molar-refractivity contribution >= 4 is 91.3 Å². The minimum absolute atomic E-state index is 0.0892. The van der Waals surface area contributed by atoms with Crippen LogP contribution in [0.25, 0.3) is 6.08 Å². The van der Waals surface area contributed by atoms with E-state index in [2.05, 4.69) is 15.9 Å². The Bertz CT molecular complexity index is 1400. The Balaban J connectivity index is 1.53. The SMILES string of the molecule is COc1cc(/C=C2/SC(=O)N(Cc3ccc(Cl)c(Cl)c3)C2=O)cc(Br)c1OCc1ccc(Cl)cc1Cl. The van der Waals surface area contributed by atoms with E-state index in [-0.39, 0.29) is 23.3 Å². The molecular formula is C25H16BrCl4NO4S. The lowest BCUT2D eigenvalue weighted by atomic mass is 10.1. The molecular weight excluding hydrogens is 632 g/mol. The van der Waals surface area contributed by atoms with Crippen LogP contribution in [-0.4, -0.2) is 23.2 Å². The maximum absolute atomic E-state index is 13.0. The zero-order valence-electron chi connectivity index (χ0n) is 18.5. The van der Waals surface area contributed by atoms with Gasteiger partial charge in [0.25, 0.3) is 11.1 Å². The van der Waals surface area contributed by atoms with Gasteiger partial charge in [0, 0.05) is 15.6 Å². The Hall–Kier alpha value is -1.87. The van der Waals surface area contributed by atoms with Gasteiger partial charge in [-0.1, -0.05) is 58.5 Å². The number of amides is 2. The summed E-state index contributed by atoms with van der Waals surface area (Å²) in [5.41, 5.74) is 2.10. The van der Waals surface area contributed by atoms with E-state index in [4.69, 9.17) is 55.9 Å². The van der Waals surface area contributed by atoms with Crippen LogP contribution in [0.1, 0.15) is 16.7 Å². The van der Waals surface area contributed by atoms with Crippen molar-refractivity contribution in [2.45, 2.75) is 13.2 Å². The highest BCUT2D eigenvalue weighted by molar-refractivity contribution is 9.10. The summed E-state index contributed by atoms with van der Waals surface area (Å²) in [5.74, 6) is 0.507. The lowest BCUT2D eigenvalue weighted by molar-refractivity contribution is -0.123. The number of benzene rings is 3. The number of nitrogens with zero attached hydrogens (tertiary/aromatic N) is 1. The van der Waals surface area contributed by atoms with Crippen molar-refractivity contribution in [1.82, 2.24) is 4.90 Å². The molecule has 1 aliphatic heterocycles. The van der Waals surface area contributed by atoms with Gasteiger partial charge in [0.15, 0.2) is 11.5 Å². The van der Waals surface area contributed by atoms with Crippen molar-refractivity contribution in [1.29, 1.82) is 0 Å². The monoisotopic (exact) mass is 645 g/mol. The third-order valence-electron chi connectivity index (χ3n) is 5.13. The Morgan fingerprint density at radius 3 is 2.44 bits per heavy atom. The molecule has 1 fully saturated rings. The van der Waals surface area contributed by atoms with E-state index >= 15 is 0 Å². The van der Waals surface area contributed by atoms with Crippen molar-refractivity contribution in [3.63, 3.8) is 0 Å². The highest BCUT2D eigenvalue weighted by Gasteiger charge is 2.35. The van der Waals surface area contributed by atoms with Crippen LogP contribution in [0.3, 0.4) is 0 Å². The van der Waals surface area contributed by atoms with Crippen LogP contribution in [0.15, 0.2) is 57.9 Å². The molecule has 0 atom stereocenters. The van der Waals surface area contributed by atoms with Gasteiger partial charge in [0.2, 0.25) is 0 Å². The van der Waals surface area contributed by atoms with Gasteiger partial charge in [-0.15, -0.1) is 0 Å². The number of rotatable bonds is 7. The van der Waals surface area contributed by atoms with Crippen LogP contribution in [-0.2, 0) is 17.9 Å².